The van der Waals surface area contributed by atoms with Crippen molar-refractivity contribution in [1.29, 1.82) is 0 Å². The molecule has 0 bridgehead atoms. The van der Waals surface area contributed by atoms with E-state index in [0.717, 1.165) is 0 Å². The smallest absolute Gasteiger partial charge is 0 e. The van der Waals surface area contributed by atoms with Crippen molar-refractivity contribution in [3.63, 3.8) is 0 Å². The molecule has 0 aromatic carbocycles. The second kappa shape index (κ2) is 82.2. The van der Waals surface area contributed by atoms with Crippen molar-refractivity contribution in [2.75, 3.05) is 0 Å². The van der Waals surface area contributed by atoms with Gasteiger partial charge in [-0.25, -0.2) is 0 Å². The first kappa shape index (κ1) is 111. The van der Waals surface area contributed by atoms with Gasteiger partial charge in [-0.1, -0.05) is 0 Å². The summed E-state index contributed by atoms with van der Waals surface area (Å²) in [5.74, 6) is 0. The fourth-order valence-electron chi connectivity index (χ4n) is 0. The van der Waals surface area contributed by atoms with E-state index in [2.05, 4.69) is 0 Å². The fourth-order valence-corrected chi connectivity index (χ4v) is 0. The number of rotatable bonds is 0. The van der Waals surface area contributed by atoms with Gasteiger partial charge in [0.2, 0.25) is 0 Å². The summed E-state index contributed by atoms with van der Waals surface area (Å²) in [6.07, 6.45) is 0. The maximum Gasteiger partial charge on any atom is 0 e. The molecule has 0 nitrogen and oxygen atoms in total. The molecule has 0 aliphatic rings. The summed E-state index contributed by atoms with van der Waals surface area (Å²) in [7, 11) is 0. The van der Waals surface area contributed by atoms with Crippen molar-refractivity contribution in [2.45, 2.75) is 0 Å². The molecule has 0 fully saturated rings. The summed E-state index contributed by atoms with van der Waals surface area (Å²) in [6, 6.07) is 0. The van der Waals surface area contributed by atoms with Gasteiger partial charge in [0, 0.05) is 37.6 Å². The number of hydrogen-bond donors (Lipinski definition) is 0. The molecule has 8 heavy (non-hydrogen) atoms. The Balaban J connectivity index is 0. The van der Waals surface area contributed by atoms with Gasteiger partial charge in [0.05, 0.1) is 0 Å². The van der Waals surface area contributed by atoms with Crippen molar-refractivity contribution in [1.82, 2.24) is 0 Å². The summed E-state index contributed by atoms with van der Waals surface area (Å²) >= 11 is 0. The molecule has 0 aromatic rings. The molecule has 64 valence electrons. The van der Waals surface area contributed by atoms with Gasteiger partial charge in [0.1, 0.15) is 0 Å². The van der Waals surface area contributed by atoms with Crippen LogP contribution in [0.1, 0.15) is 0 Å². The largest absolute Gasteiger partial charge is 0.197 e. The minimum Gasteiger partial charge on any atom is -0.197 e. The van der Waals surface area contributed by atoms with Gasteiger partial charge in [-0.05, 0) is 0 Å². The SMILES string of the molecule is S.S.S.S.S.S.[Mo].[Ni]. The Morgan fingerprint density at radius 3 is 0.375 bits per heavy atom. The third-order valence-corrected chi connectivity index (χ3v) is 0. The van der Waals surface area contributed by atoms with Crippen LogP contribution < -0.4 is 0 Å². The van der Waals surface area contributed by atoms with Crippen LogP contribution in [-0.4, -0.2) is 0 Å². The van der Waals surface area contributed by atoms with E-state index < -0.39 is 0 Å². The summed E-state index contributed by atoms with van der Waals surface area (Å²) in [5.41, 5.74) is 0. The van der Waals surface area contributed by atoms with Gasteiger partial charge in [0.25, 0.3) is 0 Å². The minimum atomic E-state index is 0. The van der Waals surface area contributed by atoms with Crippen molar-refractivity contribution < 1.29 is 37.6 Å². The maximum absolute atomic E-state index is 0. The predicted octanol–water partition coefficient (Wildman–Crippen LogP) is 0.672. The molecule has 0 atom stereocenters. The first-order chi connectivity index (χ1) is 0. The van der Waals surface area contributed by atoms with E-state index in [4.69, 9.17) is 0 Å². The zero-order chi connectivity index (χ0) is 0. The van der Waals surface area contributed by atoms with Gasteiger partial charge in [-0.2, -0.15) is 81.0 Å². The van der Waals surface area contributed by atoms with Gasteiger partial charge in [0.15, 0.2) is 0 Å². The molecule has 0 aliphatic heterocycles. The fraction of sp³-hybridized carbons (Fsp3) is 0. The van der Waals surface area contributed by atoms with E-state index >= 15 is 0 Å². The Kier molecular flexibility index (Phi) is 1140. The third kappa shape index (κ3) is 59.1. The molecule has 0 rings (SSSR count). The molecule has 0 spiro atoms. The zero-order valence-corrected chi connectivity index (χ0v) is 12.7. The summed E-state index contributed by atoms with van der Waals surface area (Å²) in [6.45, 7) is 0. The average molecular weight is 359 g/mol. The minimum absolute atomic E-state index is 0. The molecule has 0 radical (unpaired) electrons. The molecule has 0 saturated heterocycles. The van der Waals surface area contributed by atoms with Crippen LogP contribution in [0, 0.1) is 0 Å². The first-order valence-electron chi connectivity index (χ1n) is 0. The quantitative estimate of drug-likeness (QED) is 0.558. The van der Waals surface area contributed by atoms with Crippen LogP contribution >= 0.6 is 81.0 Å². The van der Waals surface area contributed by atoms with Crippen LogP contribution in [0.25, 0.3) is 0 Å². The van der Waals surface area contributed by atoms with Crippen molar-refractivity contribution >= 4 is 81.0 Å². The normalized spacial score (nSPS) is 0. The molecular formula is H12MoNiS6. The Bertz CT molecular complexity index is 8.49. The third-order valence-electron chi connectivity index (χ3n) is 0. The second-order valence-electron chi connectivity index (χ2n) is 0. The molecule has 8 heteroatoms. The molecule has 0 unspecified atom stereocenters. The van der Waals surface area contributed by atoms with Gasteiger partial charge in [-0.3, -0.25) is 0 Å². The molecule has 0 amide bonds. The molecular weight excluding hydrogens is 347 g/mol. The van der Waals surface area contributed by atoms with Crippen LogP contribution in [0.5, 0.6) is 0 Å². The summed E-state index contributed by atoms with van der Waals surface area (Å²) in [5, 5.41) is 0. The summed E-state index contributed by atoms with van der Waals surface area (Å²) in [4.78, 5) is 0. The van der Waals surface area contributed by atoms with Crippen molar-refractivity contribution in [3.8, 4) is 0 Å². The van der Waals surface area contributed by atoms with Gasteiger partial charge >= 0.3 is 0 Å². The standard InChI is InChI=1S/Mo.Ni.6H2S/h;;6*1H2. The maximum atomic E-state index is 0. The average Bonchev–Trinajstić information content (AvgIpc) is 0. The van der Waals surface area contributed by atoms with E-state index in [9.17, 15) is 0 Å². The molecule has 0 aliphatic carbocycles. The van der Waals surface area contributed by atoms with Gasteiger partial charge in [-0.15, -0.1) is 0 Å². The Morgan fingerprint density at radius 2 is 0.375 bits per heavy atom. The predicted molar refractivity (Wildman–Crippen MR) is 62.3 cm³/mol. The molecule has 0 N–H and O–H groups in total. The van der Waals surface area contributed by atoms with Crippen molar-refractivity contribution in [2.24, 2.45) is 0 Å². The monoisotopic (exact) mass is 360 g/mol. The molecule has 0 aromatic heterocycles. The van der Waals surface area contributed by atoms with Crippen molar-refractivity contribution in [3.05, 3.63) is 0 Å². The Labute approximate surface area is 117 Å². The van der Waals surface area contributed by atoms with E-state index in [1.54, 1.807) is 0 Å². The van der Waals surface area contributed by atoms with E-state index in [-0.39, 0.29) is 119 Å². The number of hydrogen-bond acceptors (Lipinski definition) is 0. The van der Waals surface area contributed by atoms with E-state index in [1.165, 1.54) is 0 Å². The first-order valence-corrected chi connectivity index (χ1v) is 0. The van der Waals surface area contributed by atoms with E-state index in [1.807, 2.05) is 0 Å². The summed E-state index contributed by atoms with van der Waals surface area (Å²) < 4.78 is 0. The van der Waals surface area contributed by atoms with Crippen LogP contribution in [0.15, 0.2) is 0 Å². The molecule has 0 saturated carbocycles. The topological polar surface area (TPSA) is 0 Å². The van der Waals surface area contributed by atoms with Crippen LogP contribution in [-0.2, 0) is 37.6 Å². The Morgan fingerprint density at radius 1 is 0.375 bits per heavy atom. The molecule has 0 heterocycles. The van der Waals surface area contributed by atoms with E-state index in [0.29, 0.717) is 0 Å². The van der Waals surface area contributed by atoms with Crippen LogP contribution in [0.2, 0.25) is 0 Å². The van der Waals surface area contributed by atoms with Crippen LogP contribution in [0.3, 0.4) is 0 Å². The second-order valence-corrected chi connectivity index (χ2v) is 0. The zero-order valence-electron chi connectivity index (χ0n) is 3.72. The van der Waals surface area contributed by atoms with Crippen LogP contribution in [0.4, 0.5) is 0 Å². The van der Waals surface area contributed by atoms with Gasteiger partial charge < -0.3 is 0 Å². The Hall–Kier alpha value is 3.28.